The van der Waals surface area contributed by atoms with Crippen molar-refractivity contribution in [3.05, 3.63) is 28.8 Å². The summed E-state index contributed by atoms with van der Waals surface area (Å²) < 4.78 is 0. The molecule has 0 heterocycles. The van der Waals surface area contributed by atoms with Gasteiger partial charge in [0.25, 0.3) is 0 Å². The molecule has 0 saturated carbocycles. The van der Waals surface area contributed by atoms with Crippen molar-refractivity contribution >= 4 is 18.1 Å². The van der Waals surface area contributed by atoms with E-state index in [2.05, 4.69) is 26.8 Å². The van der Waals surface area contributed by atoms with E-state index < -0.39 is 0 Å². The number of anilines is 1. The number of aryl methyl sites for hydroxylation is 1. The molecule has 3 nitrogen and oxygen atoms in total. The van der Waals surface area contributed by atoms with Gasteiger partial charge in [0.05, 0.1) is 0 Å². The molecule has 0 aliphatic rings. The highest BCUT2D eigenvalue weighted by Gasteiger charge is 2.04. The van der Waals surface area contributed by atoms with Crippen molar-refractivity contribution in [2.24, 2.45) is 0 Å². The standard InChI is InChI=1S/C11H17N.ClH.N2/c1-4-9-6-7-11(12)8(3)10(9)5-2;;1-2/h6-7H,4-5,12H2,1-3H3;1H;. The first kappa shape index (κ1) is 16.2. The van der Waals surface area contributed by atoms with Gasteiger partial charge < -0.3 is 5.73 Å². The van der Waals surface area contributed by atoms with Crippen LogP contribution in [0.25, 0.3) is 0 Å². The Balaban J connectivity index is 0. The van der Waals surface area contributed by atoms with Gasteiger partial charge in [-0.3, -0.25) is 0 Å². The van der Waals surface area contributed by atoms with Crippen LogP contribution < -0.4 is 5.73 Å². The van der Waals surface area contributed by atoms with Gasteiger partial charge in [-0.15, -0.1) is 12.4 Å². The zero-order chi connectivity index (χ0) is 11.1. The van der Waals surface area contributed by atoms with Crippen LogP contribution in [0.5, 0.6) is 0 Å². The summed E-state index contributed by atoms with van der Waals surface area (Å²) in [6.07, 6.45) is 2.18. The Kier molecular flexibility index (Phi) is 8.70. The van der Waals surface area contributed by atoms with E-state index in [4.69, 9.17) is 16.5 Å². The Morgan fingerprint density at radius 1 is 1.13 bits per heavy atom. The highest BCUT2D eigenvalue weighted by molar-refractivity contribution is 5.85. The molecule has 0 aromatic heterocycles. The molecule has 0 aliphatic carbocycles. The molecule has 0 aliphatic heterocycles. The van der Waals surface area contributed by atoms with Gasteiger partial charge in [-0.2, -0.15) is 0 Å². The zero-order valence-electron chi connectivity index (χ0n) is 9.45. The van der Waals surface area contributed by atoms with Crippen molar-refractivity contribution in [3.63, 3.8) is 0 Å². The van der Waals surface area contributed by atoms with E-state index in [0.29, 0.717) is 0 Å². The summed E-state index contributed by atoms with van der Waals surface area (Å²) in [5, 5.41) is 12.0. The van der Waals surface area contributed by atoms with Crippen LogP contribution in [0.3, 0.4) is 0 Å². The van der Waals surface area contributed by atoms with Crippen LogP contribution in [-0.2, 0) is 12.8 Å². The van der Waals surface area contributed by atoms with Gasteiger partial charge in [0.2, 0.25) is 0 Å². The van der Waals surface area contributed by atoms with Gasteiger partial charge in [0.1, 0.15) is 0 Å². The average Bonchev–Trinajstić information content (AvgIpc) is 2.24. The Bertz CT molecular complexity index is 321. The Morgan fingerprint density at radius 2 is 1.67 bits per heavy atom. The third kappa shape index (κ3) is 3.77. The summed E-state index contributed by atoms with van der Waals surface area (Å²) >= 11 is 0. The lowest BCUT2D eigenvalue weighted by atomic mass is 9.97. The van der Waals surface area contributed by atoms with Gasteiger partial charge >= 0.3 is 0 Å². The maximum atomic E-state index is 6.00. The van der Waals surface area contributed by atoms with E-state index in [1.165, 1.54) is 16.7 Å². The molecule has 0 unspecified atom stereocenters. The Labute approximate surface area is 97.5 Å². The van der Waals surface area contributed by atoms with Crippen molar-refractivity contribution in [3.8, 4) is 0 Å². The zero-order valence-corrected chi connectivity index (χ0v) is 10.3. The molecule has 0 saturated heterocycles. The van der Waals surface area contributed by atoms with E-state index >= 15 is 0 Å². The van der Waals surface area contributed by atoms with Crippen molar-refractivity contribution in [2.45, 2.75) is 33.6 Å². The van der Waals surface area contributed by atoms with E-state index in [-0.39, 0.29) is 12.4 Å². The van der Waals surface area contributed by atoms with E-state index in [1.54, 1.807) is 0 Å². The maximum Gasteiger partial charge on any atom is 0.0346 e. The molecule has 1 rings (SSSR count). The van der Waals surface area contributed by atoms with E-state index in [0.717, 1.165) is 18.5 Å². The second-order valence-electron chi connectivity index (χ2n) is 3.12. The van der Waals surface area contributed by atoms with Gasteiger partial charge in [0.15, 0.2) is 0 Å². The summed E-state index contributed by atoms with van der Waals surface area (Å²) in [4.78, 5) is 0. The highest BCUT2D eigenvalue weighted by Crippen LogP contribution is 2.21. The minimum absolute atomic E-state index is 0. The third-order valence-electron chi connectivity index (χ3n) is 2.47. The molecule has 0 spiro atoms. The first-order valence-electron chi connectivity index (χ1n) is 4.77. The fraction of sp³-hybridized carbons (Fsp3) is 0.455. The molecule has 2 N–H and O–H groups in total. The van der Waals surface area contributed by atoms with Crippen LogP contribution in [0.4, 0.5) is 5.69 Å². The molecule has 15 heavy (non-hydrogen) atoms. The molecule has 4 heteroatoms. The van der Waals surface area contributed by atoms with Crippen molar-refractivity contribution < 1.29 is 0 Å². The van der Waals surface area contributed by atoms with Crippen LogP contribution in [-0.4, -0.2) is 0 Å². The van der Waals surface area contributed by atoms with Gasteiger partial charge in [0, 0.05) is 16.5 Å². The summed E-state index contributed by atoms with van der Waals surface area (Å²) in [6, 6.07) is 4.15. The lowest BCUT2D eigenvalue weighted by molar-refractivity contribution is 1.02. The first-order valence-corrected chi connectivity index (χ1v) is 4.77. The number of nitrogen functional groups attached to an aromatic ring is 1. The van der Waals surface area contributed by atoms with Gasteiger partial charge in [-0.1, -0.05) is 19.9 Å². The molecule has 1 aromatic carbocycles. The summed E-state index contributed by atoms with van der Waals surface area (Å²) in [7, 11) is 0. The molecule has 0 radical (unpaired) electrons. The fourth-order valence-corrected chi connectivity index (χ4v) is 1.65. The minimum Gasteiger partial charge on any atom is -0.399 e. The normalized spacial score (nSPS) is 8.33. The number of rotatable bonds is 2. The molecule has 84 valence electrons. The lowest BCUT2D eigenvalue weighted by Crippen LogP contribution is -1.99. The van der Waals surface area contributed by atoms with Crippen LogP contribution >= 0.6 is 12.4 Å². The monoisotopic (exact) mass is 227 g/mol. The summed E-state index contributed by atoms with van der Waals surface area (Å²) in [6.45, 7) is 6.47. The molecule has 0 amide bonds. The molecule has 1 aromatic rings. The number of nitrogens with two attached hydrogens (primary N) is 1. The number of nitrogens with zero attached hydrogens (tertiary/aromatic N) is 2. The molecular formula is C11H18ClN3. The number of benzene rings is 1. The number of hydrogen-bond acceptors (Lipinski definition) is 3. The Morgan fingerprint density at radius 3 is 2.07 bits per heavy atom. The smallest absolute Gasteiger partial charge is 0.0346 e. The largest absolute Gasteiger partial charge is 0.399 e. The predicted octanol–water partition coefficient (Wildman–Crippen LogP) is 3.15. The predicted molar refractivity (Wildman–Crippen MR) is 65.0 cm³/mol. The quantitative estimate of drug-likeness (QED) is 0.623. The summed E-state index contributed by atoms with van der Waals surface area (Å²) in [5.74, 6) is 0. The molecule has 0 fully saturated rings. The lowest BCUT2D eigenvalue weighted by Gasteiger charge is -2.11. The summed E-state index contributed by atoms with van der Waals surface area (Å²) in [5.41, 5.74) is 10.9. The highest BCUT2D eigenvalue weighted by atomic mass is 35.5. The number of hydrogen-bond donors (Lipinski definition) is 1. The molecular weight excluding hydrogens is 210 g/mol. The van der Waals surface area contributed by atoms with Crippen LogP contribution in [0.2, 0.25) is 0 Å². The third-order valence-corrected chi connectivity index (χ3v) is 2.47. The SMILES string of the molecule is CCc1ccc(N)c(C)c1CC.Cl.N#N. The minimum atomic E-state index is 0. The van der Waals surface area contributed by atoms with E-state index in [9.17, 15) is 0 Å². The van der Waals surface area contributed by atoms with Crippen LogP contribution in [0.1, 0.15) is 30.5 Å². The van der Waals surface area contributed by atoms with Gasteiger partial charge in [-0.25, -0.2) is 0 Å². The average molecular weight is 228 g/mol. The molecule has 0 atom stereocenters. The second kappa shape index (κ2) is 8.07. The first-order chi connectivity index (χ1) is 6.70. The van der Waals surface area contributed by atoms with Crippen molar-refractivity contribution in [1.29, 1.82) is 10.8 Å². The maximum absolute atomic E-state index is 6.00. The number of halogens is 1. The topological polar surface area (TPSA) is 73.6 Å². The van der Waals surface area contributed by atoms with Crippen molar-refractivity contribution in [1.82, 2.24) is 0 Å². The second-order valence-corrected chi connectivity index (χ2v) is 3.12. The Hall–Kier alpha value is -1.27. The van der Waals surface area contributed by atoms with Gasteiger partial charge in [-0.05, 0) is 42.5 Å². The fourth-order valence-electron chi connectivity index (χ4n) is 1.65. The van der Waals surface area contributed by atoms with E-state index in [1.807, 2.05) is 6.07 Å². The van der Waals surface area contributed by atoms with Crippen LogP contribution in [0.15, 0.2) is 12.1 Å². The van der Waals surface area contributed by atoms with Crippen molar-refractivity contribution in [2.75, 3.05) is 5.73 Å². The molecule has 0 bridgehead atoms. The van der Waals surface area contributed by atoms with Crippen LogP contribution in [0, 0.1) is 17.7 Å².